The molecule has 7 heteroatoms. The van der Waals surface area contributed by atoms with E-state index in [1.807, 2.05) is 0 Å². The molecule has 0 saturated heterocycles. The highest BCUT2D eigenvalue weighted by atomic mass is 32.3. The Hall–Kier alpha value is -0.210. The van der Waals surface area contributed by atoms with Gasteiger partial charge in [-0.1, -0.05) is 0 Å². The Morgan fingerprint density at radius 2 is 1.90 bits per heavy atom. The third-order valence-corrected chi connectivity index (χ3v) is 0.454. The average Bonchev–Trinajstić information content (AvgIpc) is 1.63. The summed E-state index contributed by atoms with van der Waals surface area (Å²) in [7, 11) is -4.92. The molecular weight excluding hydrogens is 160 g/mol. The molecular formula is C3H12N2O4S. The summed E-state index contributed by atoms with van der Waals surface area (Å²) >= 11 is 0. The van der Waals surface area contributed by atoms with Gasteiger partial charge in [0.2, 0.25) is 10.4 Å². The molecule has 0 radical (unpaired) electrons. The third kappa shape index (κ3) is 112. The van der Waals surface area contributed by atoms with Crippen molar-refractivity contribution in [2.75, 3.05) is 13.1 Å². The van der Waals surface area contributed by atoms with Gasteiger partial charge in [-0.15, -0.1) is 0 Å². The van der Waals surface area contributed by atoms with Gasteiger partial charge in [-0.05, 0) is 6.54 Å². The van der Waals surface area contributed by atoms with Crippen LogP contribution in [0.5, 0.6) is 0 Å². The lowest BCUT2D eigenvalue weighted by Gasteiger charge is -1.88. The van der Waals surface area contributed by atoms with Gasteiger partial charge in [-0.2, -0.15) is 0 Å². The third-order valence-electron chi connectivity index (χ3n) is 0.454. The largest absolute Gasteiger partial charge is 0.726 e. The molecule has 0 saturated carbocycles. The zero-order valence-corrected chi connectivity index (χ0v) is 6.30. The van der Waals surface area contributed by atoms with Crippen LogP contribution < -0.4 is 11.5 Å². The summed E-state index contributed by atoms with van der Waals surface area (Å²) in [5.41, 5.74) is 8.69. The lowest BCUT2D eigenvalue weighted by Crippen LogP contribution is -2.50. The van der Waals surface area contributed by atoms with Crippen molar-refractivity contribution >= 4 is 10.4 Å². The van der Waals surface area contributed by atoms with E-state index in [4.69, 9.17) is 23.3 Å². The zero-order chi connectivity index (χ0) is 8.62. The van der Waals surface area contributed by atoms with Gasteiger partial charge in [0.15, 0.2) is 0 Å². The summed E-state index contributed by atoms with van der Waals surface area (Å²) in [6, 6.07) is 0. The van der Waals surface area contributed by atoms with Gasteiger partial charge in [0.25, 0.3) is 0 Å². The molecule has 0 spiro atoms. The molecule has 0 rings (SSSR count). The van der Waals surface area contributed by atoms with E-state index >= 15 is 0 Å². The van der Waals surface area contributed by atoms with Crippen LogP contribution in [-0.2, 0) is 10.4 Å². The normalized spacial score (nSPS) is 10.0. The number of hydrogen-bond donors (Lipinski definition) is 3. The number of nitrogens with two attached hydrogens (primary N) is 1. The fourth-order valence-electron chi connectivity index (χ4n) is 0.144. The van der Waals surface area contributed by atoms with Crippen LogP contribution in [0.15, 0.2) is 0 Å². The van der Waals surface area contributed by atoms with Crippen molar-refractivity contribution in [2.45, 2.75) is 6.42 Å². The van der Waals surface area contributed by atoms with Crippen LogP contribution in [0.2, 0.25) is 0 Å². The van der Waals surface area contributed by atoms with Gasteiger partial charge in [0.05, 0.1) is 6.54 Å². The molecule has 0 aliphatic carbocycles. The average molecular weight is 172 g/mol. The van der Waals surface area contributed by atoms with Gasteiger partial charge in [0, 0.05) is 6.42 Å². The molecule has 0 amide bonds. The van der Waals surface area contributed by atoms with Crippen molar-refractivity contribution in [3.8, 4) is 0 Å². The van der Waals surface area contributed by atoms with E-state index in [0.29, 0.717) is 0 Å². The Morgan fingerprint density at radius 1 is 1.60 bits per heavy atom. The van der Waals surface area contributed by atoms with Gasteiger partial charge >= 0.3 is 0 Å². The fourth-order valence-corrected chi connectivity index (χ4v) is 0.144. The molecule has 0 heterocycles. The molecule has 0 bridgehead atoms. The molecule has 0 unspecified atom stereocenters. The Labute approximate surface area is 59.8 Å². The monoisotopic (exact) mass is 172 g/mol. The zero-order valence-electron chi connectivity index (χ0n) is 5.49. The van der Waals surface area contributed by atoms with Crippen LogP contribution in [-0.4, -0.2) is 30.6 Å². The first kappa shape index (κ1) is 12.5. The molecule has 0 aromatic carbocycles. The first-order valence-corrected chi connectivity index (χ1v) is 3.96. The van der Waals surface area contributed by atoms with Crippen molar-refractivity contribution in [1.29, 1.82) is 0 Å². The summed E-state index contributed by atoms with van der Waals surface area (Å²) < 4.78 is 32.8. The van der Waals surface area contributed by atoms with Crippen LogP contribution in [0, 0.1) is 0 Å². The van der Waals surface area contributed by atoms with Crippen LogP contribution in [0.3, 0.4) is 0 Å². The summed E-state index contributed by atoms with van der Waals surface area (Å²) in [6.07, 6.45) is 1.06. The van der Waals surface area contributed by atoms with Crippen molar-refractivity contribution in [3.63, 3.8) is 0 Å². The number of quaternary nitrogens is 1. The van der Waals surface area contributed by atoms with Crippen molar-refractivity contribution < 1.29 is 23.3 Å². The summed E-state index contributed by atoms with van der Waals surface area (Å²) in [4.78, 5) is 0. The smallest absolute Gasteiger partial charge is 0.215 e. The Kier molecular flexibility index (Phi) is 8.61. The molecule has 0 aliphatic heterocycles. The van der Waals surface area contributed by atoms with Crippen LogP contribution >= 0.6 is 0 Å². The maximum Gasteiger partial charge on any atom is 0.215 e. The molecule has 6 nitrogen and oxygen atoms in total. The van der Waals surface area contributed by atoms with Gasteiger partial charge in [-0.25, -0.2) is 8.42 Å². The van der Waals surface area contributed by atoms with Gasteiger partial charge in [0.1, 0.15) is 0 Å². The predicted octanol–water partition coefficient (Wildman–Crippen LogP) is -2.42. The second kappa shape index (κ2) is 6.90. The molecule has 0 atom stereocenters. The predicted molar refractivity (Wildman–Crippen MR) is 33.8 cm³/mol. The molecule has 0 fully saturated rings. The first-order valence-electron chi connectivity index (χ1n) is 2.59. The topological polar surface area (TPSA) is 131 Å². The summed E-state index contributed by atoms with van der Waals surface area (Å²) in [5.74, 6) is 0. The van der Waals surface area contributed by atoms with Crippen LogP contribution in [0.1, 0.15) is 6.42 Å². The van der Waals surface area contributed by atoms with Crippen LogP contribution in [0.25, 0.3) is 0 Å². The highest BCUT2D eigenvalue weighted by Crippen LogP contribution is 1.58. The van der Waals surface area contributed by atoms with Gasteiger partial charge < -0.3 is 16.0 Å². The quantitative estimate of drug-likeness (QED) is 0.315. The van der Waals surface area contributed by atoms with E-state index in [-0.39, 0.29) is 0 Å². The second-order valence-electron chi connectivity index (χ2n) is 1.42. The van der Waals surface area contributed by atoms with Crippen molar-refractivity contribution in [2.24, 2.45) is 5.73 Å². The molecule has 6 N–H and O–H groups in total. The summed E-state index contributed by atoms with van der Waals surface area (Å²) in [5, 5.41) is 0. The highest BCUT2D eigenvalue weighted by Gasteiger charge is 1.71. The minimum absolute atomic E-state index is 0.781. The van der Waals surface area contributed by atoms with Gasteiger partial charge in [-0.3, -0.25) is 4.55 Å². The maximum atomic E-state index is 8.63. The second-order valence-corrected chi connectivity index (χ2v) is 2.28. The molecule has 10 heavy (non-hydrogen) atoms. The Morgan fingerprint density at radius 3 is 1.90 bits per heavy atom. The van der Waals surface area contributed by atoms with Crippen LogP contribution in [0.4, 0.5) is 0 Å². The van der Waals surface area contributed by atoms with E-state index in [1.54, 1.807) is 0 Å². The standard InChI is InChI=1S/C3H10N2.H2O4S/c4-2-1-3-5;1-5(2,3)4/h1-5H2;(H2,1,2,3,4). The number of hydrogen-bond acceptors (Lipinski definition) is 4. The molecule has 0 aliphatic rings. The lowest BCUT2D eigenvalue weighted by molar-refractivity contribution is -0.367. The van der Waals surface area contributed by atoms with Crippen molar-refractivity contribution in [3.05, 3.63) is 0 Å². The minimum atomic E-state index is -4.92. The molecule has 64 valence electrons. The minimum Gasteiger partial charge on any atom is -0.726 e. The molecule has 0 aromatic heterocycles. The van der Waals surface area contributed by atoms with E-state index in [0.717, 1.165) is 19.5 Å². The maximum absolute atomic E-state index is 8.63. The fraction of sp³-hybridized carbons (Fsp3) is 1.00. The lowest BCUT2D eigenvalue weighted by atomic mass is 10.4. The highest BCUT2D eigenvalue weighted by molar-refractivity contribution is 7.79. The Bertz CT molecular complexity index is 133. The molecule has 0 aromatic rings. The van der Waals surface area contributed by atoms with Crippen molar-refractivity contribution in [1.82, 2.24) is 0 Å². The SMILES string of the molecule is NCCC[NH3+].O=S(=O)([O-])O. The summed E-state index contributed by atoms with van der Waals surface area (Å²) in [6.45, 7) is 1.75. The van der Waals surface area contributed by atoms with E-state index in [9.17, 15) is 0 Å². The van der Waals surface area contributed by atoms with E-state index < -0.39 is 10.4 Å². The first-order chi connectivity index (χ1) is 4.41. The Balaban J connectivity index is 0. The van der Waals surface area contributed by atoms with E-state index in [2.05, 4.69) is 5.73 Å². The number of rotatable bonds is 2. The van der Waals surface area contributed by atoms with E-state index in [1.165, 1.54) is 0 Å².